The zero-order chi connectivity index (χ0) is 7.40. The van der Waals surface area contributed by atoms with E-state index in [2.05, 4.69) is 34.5 Å². The van der Waals surface area contributed by atoms with Crippen molar-refractivity contribution >= 4 is 0 Å². The molecule has 1 saturated heterocycles. The van der Waals surface area contributed by atoms with E-state index in [1.807, 2.05) is 6.67 Å². The Morgan fingerprint density at radius 2 is 1.85 bits per heavy atom. The van der Waals surface area contributed by atoms with Crippen molar-refractivity contribution in [2.75, 3.05) is 34.1 Å². The van der Waals surface area contributed by atoms with Gasteiger partial charge in [-0.3, -0.25) is 10.2 Å². The summed E-state index contributed by atoms with van der Waals surface area (Å²) < 4.78 is 0. The predicted octanol–water partition coefficient (Wildman–Crippen LogP) is -6.96. The molecule has 2 N–H and O–H groups in total. The number of nitrogens with zero attached hydrogens (tertiary/aromatic N) is 2. The van der Waals surface area contributed by atoms with Gasteiger partial charge < -0.3 is 35.0 Å². The van der Waals surface area contributed by atoms with E-state index in [4.69, 9.17) is 0 Å². The van der Waals surface area contributed by atoms with Gasteiger partial charge in [0.2, 0.25) is 0 Å². The van der Waals surface area contributed by atoms with Gasteiger partial charge in [-0.1, -0.05) is 0 Å². The van der Waals surface area contributed by atoms with Gasteiger partial charge in [-0.25, -0.2) is 6.67 Å². The smallest absolute Gasteiger partial charge is 1.00 e. The molecule has 1 radical (unpaired) electrons. The first-order chi connectivity index (χ1) is 4.79. The van der Waals surface area contributed by atoms with Crippen LogP contribution in [0, 0.1) is 6.67 Å². The predicted molar refractivity (Wildman–Crippen MR) is 40.7 cm³/mol. The van der Waals surface area contributed by atoms with Crippen LogP contribution in [0.2, 0.25) is 0 Å². The van der Waals surface area contributed by atoms with Gasteiger partial charge in [-0.05, 0) is 14.1 Å². The van der Waals surface area contributed by atoms with Crippen LogP contribution in [-0.4, -0.2) is 43.9 Å². The Morgan fingerprint density at radius 1 is 1.23 bits per heavy atom. The molecular formula is C6H15Cl2N4Ti. The van der Waals surface area contributed by atoms with E-state index in [9.17, 15) is 0 Å². The van der Waals surface area contributed by atoms with E-state index in [0.717, 1.165) is 20.0 Å². The molecule has 0 bridgehead atoms. The van der Waals surface area contributed by atoms with Crippen molar-refractivity contribution in [2.24, 2.45) is 0 Å². The zero-order valence-electron chi connectivity index (χ0n) is 7.85. The Balaban J connectivity index is -0.000000333. The molecule has 7 heteroatoms. The quantitative estimate of drug-likeness (QED) is 0.335. The summed E-state index contributed by atoms with van der Waals surface area (Å²) in [4.78, 5) is 4.32. The average Bonchev–Trinajstić information content (AvgIpc) is 1.83. The van der Waals surface area contributed by atoms with Crippen molar-refractivity contribution in [3.05, 3.63) is 6.67 Å². The normalized spacial score (nSPS) is 19.8. The van der Waals surface area contributed by atoms with Gasteiger partial charge >= 0.3 is 21.7 Å². The van der Waals surface area contributed by atoms with Crippen molar-refractivity contribution in [1.29, 1.82) is 0 Å². The third-order valence-corrected chi connectivity index (χ3v) is 1.38. The van der Waals surface area contributed by atoms with Crippen molar-refractivity contribution < 1.29 is 46.5 Å². The summed E-state index contributed by atoms with van der Waals surface area (Å²) in [5, 5.41) is 6.34. The third-order valence-electron chi connectivity index (χ3n) is 1.38. The van der Waals surface area contributed by atoms with Crippen molar-refractivity contribution in [3.8, 4) is 0 Å². The monoisotopic (exact) mass is 261 g/mol. The van der Waals surface area contributed by atoms with E-state index < -0.39 is 0 Å². The minimum Gasteiger partial charge on any atom is -1.00 e. The molecule has 0 aromatic rings. The van der Waals surface area contributed by atoms with Crippen LogP contribution in [0.5, 0.6) is 0 Å². The molecule has 77 valence electrons. The SMILES string of the molecule is CN1[CH-]NCNCN(C)C1.[Cl-].[Cl-].[Ti+3]. The molecule has 0 aromatic heterocycles. The molecule has 1 aliphatic heterocycles. The van der Waals surface area contributed by atoms with Crippen LogP contribution in [-0.2, 0) is 21.7 Å². The van der Waals surface area contributed by atoms with Gasteiger partial charge in [0.1, 0.15) is 0 Å². The van der Waals surface area contributed by atoms with Gasteiger partial charge in [0.25, 0.3) is 0 Å². The molecule has 1 aliphatic rings. The molecule has 13 heavy (non-hydrogen) atoms. The Morgan fingerprint density at radius 3 is 2.46 bits per heavy atom. The van der Waals surface area contributed by atoms with Crippen molar-refractivity contribution in [2.45, 2.75) is 0 Å². The summed E-state index contributed by atoms with van der Waals surface area (Å²) in [6, 6.07) is 0. The molecule has 0 spiro atoms. The van der Waals surface area contributed by atoms with Crippen LogP contribution < -0.4 is 35.4 Å². The molecule has 1 rings (SSSR count). The van der Waals surface area contributed by atoms with Crippen LogP contribution in [0.25, 0.3) is 0 Å². The first-order valence-electron chi connectivity index (χ1n) is 3.45. The van der Waals surface area contributed by atoms with E-state index in [1.165, 1.54) is 0 Å². The molecule has 1 fully saturated rings. The van der Waals surface area contributed by atoms with Crippen molar-refractivity contribution in [1.82, 2.24) is 20.4 Å². The second kappa shape index (κ2) is 11.2. The summed E-state index contributed by atoms with van der Waals surface area (Å²) in [6.07, 6.45) is 0. The number of nitrogens with one attached hydrogen (secondary N) is 2. The van der Waals surface area contributed by atoms with Gasteiger partial charge in [0.05, 0.1) is 0 Å². The minimum atomic E-state index is 0. The van der Waals surface area contributed by atoms with E-state index in [0.29, 0.717) is 0 Å². The van der Waals surface area contributed by atoms with Crippen LogP contribution >= 0.6 is 0 Å². The number of rotatable bonds is 0. The molecule has 0 amide bonds. The summed E-state index contributed by atoms with van der Waals surface area (Å²) in [6.45, 7) is 4.71. The first kappa shape index (κ1) is 19.7. The number of hydrogen-bond donors (Lipinski definition) is 2. The van der Waals surface area contributed by atoms with E-state index in [-0.39, 0.29) is 46.5 Å². The molecule has 0 aliphatic carbocycles. The summed E-state index contributed by atoms with van der Waals surface area (Å²) in [5.74, 6) is 0. The largest absolute Gasteiger partial charge is 3.00 e. The minimum absolute atomic E-state index is 0. The third kappa shape index (κ3) is 9.44. The molecule has 4 nitrogen and oxygen atoms in total. The molecule has 0 unspecified atom stereocenters. The maximum Gasteiger partial charge on any atom is 3.00 e. The van der Waals surface area contributed by atoms with E-state index in [1.54, 1.807) is 0 Å². The Bertz CT molecular complexity index is 98.6. The molecule has 0 saturated carbocycles. The molecule has 0 aromatic carbocycles. The number of hydrogen-bond acceptors (Lipinski definition) is 4. The maximum absolute atomic E-state index is 3.21. The fourth-order valence-electron chi connectivity index (χ4n) is 0.992. The van der Waals surface area contributed by atoms with Crippen LogP contribution in [0.4, 0.5) is 0 Å². The Labute approximate surface area is 107 Å². The summed E-state index contributed by atoms with van der Waals surface area (Å²) >= 11 is 0. The first-order valence-corrected chi connectivity index (χ1v) is 3.45. The molecule has 0 atom stereocenters. The Kier molecular flexibility index (Phi) is 17.0. The fourth-order valence-corrected chi connectivity index (χ4v) is 0.992. The van der Waals surface area contributed by atoms with Crippen molar-refractivity contribution in [3.63, 3.8) is 0 Å². The van der Waals surface area contributed by atoms with Gasteiger partial charge in [-0.2, -0.15) is 0 Å². The van der Waals surface area contributed by atoms with E-state index >= 15 is 0 Å². The summed E-state index contributed by atoms with van der Waals surface area (Å²) in [5.41, 5.74) is 0. The standard InChI is InChI=1S/C6H15N4.2ClH.Ti/c1-9-4-7-3-8-5-10(2)6-9;;;/h4,7-8H,3,5-6H2,1-2H3;2*1H;/q-1;;;+3/p-2. The summed E-state index contributed by atoms with van der Waals surface area (Å²) in [7, 11) is 4.14. The maximum atomic E-state index is 3.21. The Hall–Kier alpha value is 1.13. The topological polar surface area (TPSA) is 30.5 Å². The van der Waals surface area contributed by atoms with Gasteiger partial charge in [0, 0.05) is 20.0 Å². The van der Waals surface area contributed by atoms with Gasteiger partial charge in [0.15, 0.2) is 0 Å². The zero-order valence-corrected chi connectivity index (χ0v) is 10.9. The van der Waals surface area contributed by atoms with Gasteiger partial charge in [-0.15, -0.1) is 0 Å². The molecular weight excluding hydrogens is 247 g/mol. The number of halogens is 2. The van der Waals surface area contributed by atoms with Crippen LogP contribution in [0.3, 0.4) is 0 Å². The molecule has 1 heterocycles. The second-order valence-electron chi connectivity index (χ2n) is 2.67. The second-order valence-corrected chi connectivity index (χ2v) is 2.67. The van der Waals surface area contributed by atoms with Crippen LogP contribution in [0.15, 0.2) is 0 Å². The average molecular weight is 262 g/mol. The fraction of sp³-hybridized carbons (Fsp3) is 0.833. The van der Waals surface area contributed by atoms with Crippen LogP contribution in [0.1, 0.15) is 0 Å².